The van der Waals surface area contributed by atoms with Crippen molar-refractivity contribution in [1.82, 2.24) is 0 Å². The van der Waals surface area contributed by atoms with E-state index < -0.39 is 43.3 Å². The largest absolute Gasteiger partial charge is 1.00 e. The van der Waals surface area contributed by atoms with E-state index in [-0.39, 0.29) is 18.9 Å². The molecule has 1 unspecified atom stereocenters. The Morgan fingerprint density at radius 1 is 0.783 bits per heavy atom. The summed E-state index contributed by atoms with van der Waals surface area (Å²) < 4.78 is 0. The molecule has 0 amide bonds. The van der Waals surface area contributed by atoms with Gasteiger partial charge in [-0.2, -0.15) is 0 Å². The van der Waals surface area contributed by atoms with Crippen LogP contribution in [0, 0.1) is 0 Å². The molecular formula is C7H12BLiO14. The van der Waals surface area contributed by atoms with Crippen LogP contribution in [0.2, 0.25) is 0 Å². The van der Waals surface area contributed by atoms with Crippen molar-refractivity contribution < 1.29 is 88.5 Å². The first-order chi connectivity index (χ1) is 9.66. The van der Waals surface area contributed by atoms with E-state index in [2.05, 4.69) is 0 Å². The molecule has 0 bridgehead atoms. The molecule has 16 heteroatoms. The van der Waals surface area contributed by atoms with E-state index in [4.69, 9.17) is 64.9 Å². The second-order valence-corrected chi connectivity index (χ2v) is 2.56. The number of aliphatic carboxylic acids is 5. The summed E-state index contributed by atoms with van der Waals surface area (Å²) in [5, 5.41) is 68.1. The van der Waals surface area contributed by atoms with Gasteiger partial charge in [0.25, 0.3) is 0 Å². The van der Waals surface area contributed by atoms with E-state index in [0.717, 1.165) is 0 Å². The number of hydrogen-bond donors (Lipinski definition) is 8. The summed E-state index contributed by atoms with van der Waals surface area (Å²) >= 11 is 0. The number of hydrogen-bond acceptors (Lipinski definition) is 9. The Bertz CT molecular complexity index is 329. The molecule has 1 atom stereocenters. The predicted octanol–water partition coefficient (Wildman–Crippen LogP) is -7.92. The van der Waals surface area contributed by atoms with Crippen LogP contribution < -0.4 is 23.9 Å². The minimum atomic E-state index is -2.42. The Morgan fingerprint density at radius 3 is 0.870 bits per heavy atom. The fraction of sp³-hybridized carbons (Fsp3) is 0.286. The summed E-state index contributed by atoms with van der Waals surface area (Å²) in [4.78, 5) is 45.8. The number of aliphatic hydroxyl groups is 1. The van der Waals surface area contributed by atoms with Gasteiger partial charge in [0.2, 0.25) is 0 Å². The molecule has 0 rings (SSSR count). The Labute approximate surface area is 139 Å². The van der Waals surface area contributed by atoms with Crippen LogP contribution in [-0.4, -0.2) is 84.0 Å². The summed E-state index contributed by atoms with van der Waals surface area (Å²) in [5.74, 6) is -8.48. The van der Waals surface area contributed by atoms with Gasteiger partial charge in [-0.25, -0.2) is 24.0 Å². The van der Waals surface area contributed by atoms with Crippen molar-refractivity contribution in [1.29, 1.82) is 0 Å². The van der Waals surface area contributed by atoms with Crippen molar-refractivity contribution in [3.8, 4) is 0 Å². The van der Waals surface area contributed by atoms with Gasteiger partial charge in [-0.15, -0.1) is 0 Å². The second kappa shape index (κ2) is 19.9. The third-order valence-electron chi connectivity index (χ3n) is 0.723. The van der Waals surface area contributed by atoms with E-state index >= 15 is 0 Å². The molecule has 0 aliphatic rings. The Hall–Kier alpha value is -2.15. The van der Waals surface area contributed by atoms with Gasteiger partial charge in [-0.3, -0.25) is 0 Å². The number of carboxylic acid groups (broad SMARTS) is 5. The molecule has 0 aromatic rings. The zero-order valence-electron chi connectivity index (χ0n) is 11.7. The smallest absolute Gasteiger partial charge is 0.832 e. The summed E-state index contributed by atoms with van der Waals surface area (Å²) in [6, 6.07) is 0. The Morgan fingerprint density at radius 2 is 0.870 bits per heavy atom. The van der Waals surface area contributed by atoms with E-state index in [1.165, 1.54) is 6.92 Å². The molecule has 0 heterocycles. The van der Waals surface area contributed by atoms with Crippen molar-refractivity contribution >= 4 is 37.2 Å². The number of rotatable bonds is 1. The average Bonchev–Trinajstić information content (AvgIpc) is 2.29. The summed E-state index contributed by atoms with van der Waals surface area (Å²) in [7, 11) is -2.42. The molecule has 8 N–H and O–H groups in total. The van der Waals surface area contributed by atoms with Gasteiger partial charge >= 0.3 is 56.0 Å². The first-order valence-corrected chi connectivity index (χ1v) is 4.51. The maximum atomic E-state index is 9.45. The number of carboxylic acids is 5. The molecule has 14 nitrogen and oxygen atoms in total. The van der Waals surface area contributed by atoms with Crippen LogP contribution in [0.15, 0.2) is 0 Å². The molecule has 0 fully saturated rings. The summed E-state index contributed by atoms with van der Waals surface area (Å²) in [6.07, 6.45) is -1.23. The fourth-order valence-electron chi connectivity index (χ4n) is 0. The van der Waals surface area contributed by atoms with Crippen molar-refractivity contribution in [3.63, 3.8) is 0 Å². The third kappa shape index (κ3) is 65.2. The van der Waals surface area contributed by atoms with Gasteiger partial charge < -0.3 is 45.7 Å². The monoisotopic (exact) mass is 338 g/mol. The standard InChI is InChI=1S/C3H6O3.2C2H2O4.BH2O3.Li/c1-2(4)3(5)6;2*3-1(4)2(5)6;2-1(3)4;/h2,4H,1H3,(H,5,6);2*(H,3,4)(H,5,6);2-3H;/q;;;-1;+1. The van der Waals surface area contributed by atoms with Crippen LogP contribution in [0.5, 0.6) is 0 Å². The third-order valence-corrected chi connectivity index (χ3v) is 0.723. The van der Waals surface area contributed by atoms with Crippen molar-refractivity contribution in [2.75, 3.05) is 0 Å². The molecule has 23 heavy (non-hydrogen) atoms. The zero-order valence-corrected chi connectivity index (χ0v) is 11.7. The second-order valence-electron chi connectivity index (χ2n) is 2.56. The van der Waals surface area contributed by atoms with Gasteiger partial charge in [0.05, 0.1) is 0 Å². The molecule has 128 valence electrons. The SMILES string of the molecule is CC(O)C(=O)O.O=C(O)C(=O)O.O=C(O)C(=O)O.[Li+].[O-]B(O)O. The number of carbonyl (C=O) groups is 5. The molecule has 0 saturated carbocycles. The van der Waals surface area contributed by atoms with Crippen LogP contribution in [-0.2, 0) is 24.0 Å². The van der Waals surface area contributed by atoms with Gasteiger partial charge in [0.1, 0.15) is 6.10 Å². The average molecular weight is 338 g/mol. The van der Waals surface area contributed by atoms with Crippen LogP contribution in [0.4, 0.5) is 0 Å². The summed E-state index contributed by atoms with van der Waals surface area (Å²) in [5.41, 5.74) is 0. The van der Waals surface area contributed by atoms with Gasteiger partial charge in [0, 0.05) is 0 Å². The predicted molar refractivity (Wildman–Crippen MR) is 60.1 cm³/mol. The minimum Gasteiger partial charge on any atom is -0.832 e. The zero-order chi connectivity index (χ0) is 19.0. The van der Waals surface area contributed by atoms with Crippen molar-refractivity contribution in [3.05, 3.63) is 0 Å². The fourth-order valence-corrected chi connectivity index (χ4v) is 0. The van der Waals surface area contributed by atoms with E-state index in [1.807, 2.05) is 0 Å². The maximum absolute atomic E-state index is 9.45. The maximum Gasteiger partial charge on any atom is 1.00 e. The summed E-state index contributed by atoms with van der Waals surface area (Å²) in [6.45, 7) is 1.20. The van der Waals surface area contributed by atoms with Crippen molar-refractivity contribution in [2.45, 2.75) is 13.0 Å². The van der Waals surface area contributed by atoms with Crippen molar-refractivity contribution in [2.24, 2.45) is 0 Å². The van der Waals surface area contributed by atoms with E-state index in [0.29, 0.717) is 0 Å². The topological polar surface area (TPSA) is 270 Å². The molecule has 0 radical (unpaired) electrons. The first-order valence-electron chi connectivity index (χ1n) is 4.51. The quantitative estimate of drug-likeness (QED) is 0.163. The van der Waals surface area contributed by atoms with Gasteiger partial charge in [-0.1, -0.05) is 0 Å². The normalized spacial score (nSPS) is 8.57. The molecule has 0 aliphatic carbocycles. The molecule has 0 aromatic carbocycles. The minimum absolute atomic E-state index is 0. The molecule has 0 aliphatic heterocycles. The molecule has 0 saturated heterocycles. The number of aliphatic hydroxyl groups excluding tert-OH is 1. The van der Waals surface area contributed by atoms with Crippen LogP contribution >= 0.6 is 0 Å². The molecule has 0 spiro atoms. The first kappa shape index (κ1) is 32.7. The molecule has 0 aromatic heterocycles. The van der Waals surface area contributed by atoms with Gasteiger partial charge in [-0.05, 0) is 6.92 Å². The Balaban J connectivity index is -0.0000000624. The van der Waals surface area contributed by atoms with E-state index in [9.17, 15) is 4.79 Å². The van der Waals surface area contributed by atoms with Crippen LogP contribution in [0.3, 0.4) is 0 Å². The molecular weight excluding hydrogens is 326 g/mol. The van der Waals surface area contributed by atoms with E-state index in [1.54, 1.807) is 0 Å². The van der Waals surface area contributed by atoms with Gasteiger partial charge in [0.15, 0.2) is 0 Å². The van der Waals surface area contributed by atoms with Crippen LogP contribution in [0.1, 0.15) is 6.92 Å². The Kier molecular flexibility index (Phi) is 28.2. The van der Waals surface area contributed by atoms with Crippen LogP contribution in [0.25, 0.3) is 0 Å².